The Balaban J connectivity index is 1.59. The van der Waals surface area contributed by atoms with Crippen LogP contribution < -0.4 is 9.47 Å². The number of carbonyl (C=O) groups excluding carboxylic acids is 2. The molecular weight excluding hydrogens is 387 g/mol. The Morgan fingerprint density at radius 3 is 2.41 bits per heavy atom. The zero-order valence-corrected chi connectivity index (χ0v) is 15.8. The number of carbonyl (C=O) groups is 2. The van der Waals surface area contributed by atoms with E-state index in [0.717, 1.165) is 6.07 Å². The average Bonchev–Trinajstić information content (AvgIpc) is 2.70. The van der Waals surface area contributed by atoms with Crippen LogP contribution in [0.25, 0.3) is 0 Å². The number of benzene rings is 2. The highest BCUT2D eigenvalue weighted by Gasteiger charge is 2.33. The SMILES string of the molecule is CN(Cc1ccccc1C(F)(F)F)C(=O)CCC(=O)c1ccc2c(c1)OCCO2. The summed E-state index contributed by atoms with van der Waals surface area (Å²) in [6.45, 7) is 0.651. The fraction of sp³-hybridized carbons (Fsp3) is 0.333. The monoisotopic (exact) mass is 407 g/mol. The van der Waals surface area contributed by atoms with Crippen LogP contribution in [-0.2, 0) is 17.5 Å². The van der Waals surface area contributed by atoms with Crippen LogP contribution in [0.2, 0.25) is 0 Å². The summed E-state index contributed by atoms with van der Waals surface area (Å²) < 4.78 is 50.1. The van der Waals surface area contributed by atoms with Gasteiger partial charge in [0.2, 0.25) is 5.91 Å². The van der Waals surface area contributed by atoms with E-state index in [0.29, 0.717) is 30.3 Å². The molecule has 0 saturated heterocycles. The Bertz CT molecular complexity index is 911. The predicted molar refractivity (Wildman–Crippen MR) is 98.9 cm³/mol. The molecule has 0 spiro atoms. The van der Waals surface area contributed by atoms with Crippen LogP contribution in [0.1, 0.15) is 34.3 Å². The molecule has 1 aliphatic heterocycles. The van der Waals surface area contributed by atoms with E-state index in [1.807, 2.05) is 0 Å². The predicted octanol–water partition coefficient (Wildman–Crippen LogP) is 4.10. The normalized spacial score (nSPS) is 13.1. The molecule has 3 rings (SSSR count). The second-order valence-electron chi connectivity index (χ2n) is 6.69. The molecule has 0 N–H and O–H groups in total. The minimum absolute atomic E-state index is 0.00834. The third kappa shape index (κ3) is 5.07. The molecule has 1 heterocycles. The van der Waals surface area contributed by atoms with Crippen LogP contribution >= 0.6 is 0 Å². The molecule has 1 aliphatic rings. The maximum atomic E-state index is 13.1. The molecule has 5 nitrogen and oxygen atoms in total. The number of hydrogen-bond donors (Lipinski definition) is 0. The lowest BCUT2D eigenvalue weighted by Gasteiger charge is -2.20. The molecular formula is C21H20F3NO4. The van der Waals surface area contributed by atoms with E-state index in [-0.39, 0.29) is 30.7 Å². The zero-order chi connectivity index (χ0) is 21.0. The van der Waals surface area contributed by atoms with E-state index in [1.165, 1.54) is 30.1 Å². The number of Topliss-reactive ketones (excluding diaryl/α,β-unsaturated/α-hetero) is 1. The van der Waals surface area contributed by atoms with Gasteiger partial charge in [-0.2, -0.15) is 13.2 Å². The van der Waals surface area contributed by atoms with Gasteiger partial charge in [-0.25, -0.2) is 0 Å². The van der Waals surface area contributed by atoms with Crippen LogP contribution in [0.5, 0.6) is 11.5 Å². The minimum atomic E-state index is -4.49. The van der Waals surface area contributed by atoms with E-state index in [9.17, 15) is 22.8 Å². The van der Waals surface area contributed by atoms with Crippen LogP contribution in [0.4, 0.5) is 13.2 Å². The molecule has 0 saturated carbocycles. The fourth-order valence-corrected chi connectivity index (χ4v) is 3.05. The second-order valence-corrected chi connectivity index (χ2v) is 6.69. The Morgan fingerprint density at radius 2 is 1.69 bits per heavy atom. The molecule has 0 bridgehead atoms. The van der Waals surface area contributed by atoms with E-state index >= 15 is 0 Å². The molecule has 1 amide bonds. The van der Waals surface area contributed by atoms with Crippen molar-refractivity contribution in [2.45, 2.75) is 25.6 Å². The lowest BCUT2D eigenvalue weighted by atomic mass is 10.0. The molecule has 0 atom stereocenters. The number of ketones is 1. The summed E-state index contributed by atoms with van der Waals surface area (Å²) in [6, 6.07) is 9.94. The van der Waals surface area contributed by atoms with Crippen molar-refractivity contribution in [2.24, 2.45) is 0 Å². The summed E-state index contributed by atoms with van der Waals surface area (Å²) in [4.78, 5) is 25.9. The van der Waals surface area contributed by atoms with Crippen molar-refractivity contribution in [1.29, 1.82) is 0 Å². The van der Waals surface area contributed by atoms with Gasteiger partial charge in [0.15, 0.2) is 17.3 Å². The van der Waals surface area contributed by atoms with E-state index in [1.54, 1.807) is 18.2 Å². The van der Waals surface area contributed by atoms with Crippen molar-refractivity contribution in [3.8, 4) is 11.5 Å². The minimum Gasteiger partial charge on any atom is -0.486 e. The van der Waals surface area contributed by atoms with E-state index < -0.39 is 17.6 Å². The highest BCUT2D eigenvalue weighted by Crippen LogP contribution is 2.33. The quantitative estimate of drug-likeness (QED) is 0.677. The average molecular weight is 407 g/mol. The van der Waals surface area contributed by atoms with Crippen LogP contribution in [0, 0.1) is 0 Å². The molecule has 8 heteroatoms. The number of halogens is 3. The molecule has 2 aromatic rings. The number of rotatable bonds is 6. The third-order valence-electron chi connectivity index (χ3n) is 4.59. The van der Waals surface area contributed by atoms with Gasteiger partial charge in [0.05, 0.1) is 5.56 Å². The molecule has 0 aliphatic carbocycles. The largest absolute Gasteiger partial charge is 0.486 e. The number of fused-ring (bicyclic) bond motifs is 1. The number of ether oxygens (including phenoxy) is 2. The second kappa shape index (κ2) is 8.55. The molecule has 2 aromatic carbocycles. The number of hydrogen-bond acceptors (Lipinski definition) is 4. The first-order chi connectivity index (χ1) is 13.8. The first kappa shape index (κ1) is 20.7. The number of alkyl halides is 3. The first-order valence-electron chi connectivity index (χ1n) is 9.07. The van der Waals surface area contributed by atoms with Crippen molar-refractivity contribution in [3.63, 3.8) is 0 Å². The molecule has 0 aromatic heterocycles. The maximum Gasteiger partial charge on any atom is 0.416 e. The van der Waals surface area contributed by atoms with Gasteiger partial charge in [-0.1, -0.05) is 18.2 Å². The Kier molecular flexibility index (Phi) is 6.10. The van der Waals surface area contributed by atoms with Crippen molar-refractivity contribution >= 4 is 11.7 Å². The standard InChI is InChI=1S/C21H20F3NO4/c1-25(13-15-4-2-3-5-16(15)21(22,23)24)20(27)9-7-17(26)14-6-8-18-19(12-14)29-11-10-28-18/h2-6,8,12H,7,9-11,13H2,1H3. The van der Waals surface area contributed by atoms with Crippen molar-refractivity contribution in [1.82, 2.24) is 4.90 Å². The van der Waals surface area contributed by atoms with Crippen molar-refractivity contribution < 1.29 is 32.2 Å². The summed E-state index contributed by atoms with van der Waals surface area (Å²) in [5, 5.41) is 0. The number of amides is 1. The van der Waals surface area contributed by atoms with Crippen LogP contribution in [-0.4, -0.2) is 36.9 Å². The highest BCUT2D eigenvalue weighted by molar-refractivity contribution is 5.98. The number of nitrogens with zero attached hydrogens (tertiary/aromatic N) is 1. The summed E-state index contributed by atoms with van der Waals surface area (Å²) >= 11 is 0. The summed E-state index contributed by atoms with van der Waals surface area (Å²) in [5.41, 5.74) is -0.367. The smallest absolute Gasteiger partial charge is 0.416 e. The van der Waals surface area contributed by atoms with Gasteiger partial charge in [-0.15, -0.1) is 0 Å². The topological polar surface area (TPSA) is 55.8 Å². The first-order valence-corrected chi connectivity index (χ1v) is 9.07. The zero-order valence-electron chi connectivity index (χ0n) is 15.8. The van der Waals surface area contributed by atoms with Crippen molar-refractivity contribution in [2.75, 3.05) is 20.3 Å². The van der Waals surface area contributed by atoms with Crippen LogP contribution in [0.3, 0.4) is 0 Å². The highest BCUT2D eigenvalue weighted by atomic mass is 19.4. The van der Waals surface area contributed by atoms with Crippen LogP contribution in [0.15, 0.2) is 42.5 Å². The summed E-state index contributed by atoms with van der Waals surface area (Å²) in [6.07, 6.45) is -4.64. The van der Waals surface area contributed by atoms with E-state index in [2.05, 4.69) is 0 Å². The van der Waals surface area contributed by atoms with Gasteiger partial charge in [0.1, 0.15) is 13.2 Å². The maximum absolute atomic E-state index is 13.1. The molecule has 0 unspecified atom stereocenters. The van der Waals surface area contributed by atoms with Gasteiger partial charge in [0, 0.05) is 32.0 Å². The summed E-state index contributed by atoms with van der Waals surface area (Å²) in [5.74, 6) is 0.383. The van der Waals surface area contributed by atoms with Crippen molar-refractivity contribution in [3.05, 3.63) is 59.2 Å². The Morgan fingerprint density at radius 1 is 1.00 bits per heavy atom. The Hall–Kier alpha value is -3.03. The van der Waals surface area contributed by atoms with Gasteiger partial charge in [-0.05, 0) is 29.8 Å². The molecule has 154 valence electrons. The van der Waals surface area contributed by atoms with Gasteiger partial charge in [0.25, 0.3) is 0 Å². The summed E-state index contributed by atoms with van der Waals surface area (Å²) in [7, 11) is 1.42. The van der Waals surface area contributed by atoms with Gasteiger partial charge in [-0.3, -0.25) is 9.59 Å². The Labute approximate surface area is 166 Å². The molecule has 0 radical (unpaired) electrons. The molecule has 29 heavy (non-hydrogen) atoms. The molecule has 0 fully saturated rings. The lowest BCUT2D eigenvalue weighted by molar-refractivity contribution is -0.139. The van der Waals surface area contributed by atoms with Gasteiger partial charge < -0.3 is 14.4 Å². The lowest BCUT2D eigenvalue weighted by Crippen LogP contribution is -2.27. The third-order valence-corrected chi connectivity index (χ3v) is 4.59. The van der Waals surface area contributed by atoms with Gasteiger partial charge >= 0.3 is 6.18 Å². The fourth-order valence-electron chi connectivity index (χ4n) is 3.05. The van der Waals surface area contributed by atoms with E-state index in [4.69, 9.17) is 9.47 Å².